The van der Waals surface area contributed by atoms with E-state index in [0.29, 0.717) is 18.9 Å². The standard InChI is InChI=1S/C16H19N3O3S2/c1-3-21-13-5-11-4-10(2)22-14(11)6-12(13)7-17-15(20)8-23-16-19-18-9-24-16/h5-6,9-10H,3-4,7-8H2,1-2H3,(H,17,20). The van der Waals surface area contributed by atoms with Crippen LogP contribution in [0, 0.1) is 0 Å². The molecule has 2 aromatic rings. The van der Waals surface area contributed by atoms with Crippen LogP contribution in [-0.2, 0) is 17.8 Å². The molecule has 0 bridgehead atoms. The fourth-order valence-corrected chi connectivity index (χ4v) is 3.83. The number of thioether (sulfide) groups is 1. The molecule has 1 N–H and O–H groups in total. The number of fused-ring (bicyclic) bond motifs is 1. The topological polar surface area (TPSA) is 73.3 Å². The third kappa shape index (κ3) is 4.18. The number of rotatable bonds is 7. The van der Waals surface area contributed by atoms with Crippen molar-refractivity contribution in [2.24, 2.45) is 0 Å². The Kier molecular flexibility index (Phi) is 5.57. The molecule has 24 heavy (non-hydrogen) atoms. The second kappa shape index (κ2) is 7.85. The molecule has 1 unspecified atom stereocenters. The average molecular weight is 365 g/mol. The first kappa shape index (κ1) is 17.0. The predicted molar refractivity (Wildman–Crippen MR) is 93.9 cm³/mol. The number of nitrogens with zero attached hydrogens (tertiary/aromatic N) is 2. The van der Waals surface area contributed by atoms with E-state index in [4.69, 9.17) is 9.47 Å². The maximum Gasteiger partial charge on any atom is 0.230 e. The Morgan fingerprint density at radius 2 is 2.42 bits per heavy atom. The van der Waals surface area contributed by atoms with Gasteiger partial charge in [-0.25, -0.2) is 0 Å². The van der Waals surface area contributed by atoms with E-state index in [2.05, 4.69) is 15.5 Å². The molecule has 1 amide bonds. The lowest BCUT2D eigenvalue weighted by Gasteiger charge is -2.13. The monoisotopic (exact) mass is 365 g/mol. The zero-order valence-corrected chi connectivity index (χ0v) is 15.2. The van der Waals surface area contributed by atoms with Crippen LogP contribution >= 0.6 is 23.1 Å². The minimum atomic E-state index is -0.0487. The lowest BCUT2D eigenvalue weighted by atomic mass is 10.1. The molecule has 1 aliphatic rings. The number of aromatic nitrogens is 2. The van der Waals surface area contributed by atoms with Gasteiger partial charge in [0.05, 0.1) is 12.4 Å². The summed E-state index contributed by atoms with van der Waals surface area (Å²) in [6.07, 6.45) is 1.07. The van der Waals surface area contributed by atoms with Crippen LogP contribution in [0.25, 0.3) is 0 Å². The van der Waals surface area contributed by atoms with Crippen molar-refractivity contribution in [2.45, 2.75) is 37.3 Å². The Hall–Kier alpha value is -1.80. The van der Waals surface area contributed by atoms with E-state index in [1.165, 1.54) is 23.1 Å². The van der Waals surface area contributed by atoms with Gasteiger partial charge in [0.25, 0.3) is 0 Å². The molecule has 8 heteroatoms. The minimum Gasteiger partial charge on any atom is -0.494 e. The summed E-state index contributed by atoms with van der Waals surface area (Å²) in [5.74, 6) is 1.97. The first-order valence-corrected chi connectivity index (χ1v) is 9.63. The smallest absolute Gasteiger partial charge is 0.230 e. The van der Waals surface area contributed by atoms with Gasteiger partial charge in [0.15, 0.2) is 4.34 Å². The Morgan fingerprint density at radius 3 is 3.17 bits per heavy atom. The lowest BCUT2D eigenvalue weighted by Crippen LogP contribution is -2.24. The second-order valence-corrected chi connectivity index (χ2v) is 7.46. The zero-order chi connectivity index (χ0) is 16.9. The number of nitrogens with one attached hydrogen (secondary N) is 1. The van der Waals surface area contributed by atoms with Crippen molar-refractivity contribution < 1.29 is 14.3 Å². The molecule has 0 radical (unpaired) electrons. The average Bonchev–Trinajstić information content (AvgIpc) is 3.19. The number of benzene rings is 1. The first-order chi connectivity index (χ1) is 11.7. The molecule has 0 saturated heterocycles. The number of hydrogen-bond acceptors (Lipinski definition) is 7. The summed E-state index contributed by atoms with van der Waals surface area (Å²) < 4.78 is 12.3. The molecule has 0 saturated carbocycles. The van der Waals surface area contributed by atoms with Gasteiger partial charge in [0.2, 0.25) is 5.91 Å². The van der Waals surface area contributed by atoms with Gasteiger partial charge < -0.3 is 14.8 Å². The normalized spacial score (nSPS) is 15.7. The fraction of sp³-hybridized carbons (Fsp3) is 0.438. The second-order valence-electron chi connectivity index (χ2n) is 5.40. The summed E-state index contributed by atoms with van der Waals surface area (Å²) in [7, 11) is 0. The molecule has 1 aromatic heterocycles. The van der Waals surface area contributed by atoms with E-state index in [1.54, 1.807) is 5.51 Å². The van der Waals surface area contributed by atoms with Crippen molar-refractivity contribution >= 4 is 29.0 Å². The quantitative estimate of drug-likeness (QED) is 0.761. The lowest BCUT2D eigenvalue weighted by molar-refractivity contribution is -0.118. The van der Waals surface area contributed by atoms with Crippen LogP contribution in [0.3, 0.4) is 0 Å². The molecule has 1 aliphatic heterocycles. The number of hydrogen-bond donors (Lipinski definition) is 1. The van der Waals surface area contributed by atoms with Crippen LogP contribution in [0.5, 0.6) is 11.5 Å². The van der Waals surface area contributed by atoms with Crippen LogP contribution < -0.4 is 14.8 Å². The predicted octanol–water partition coefficient (Wildman–Crippen LogP) is 2.67. The number of carbonyl (C=O) groups excluding carboxylic acids is 1. The largest absolute Gasteiger partial charge is 0.494 e. The highest BCUT2D eigenvalue weighted by molar-refractivity contribution is 8.01. The van der Waals surface area contributed by atoms with Crippen molar-refractivity contribution in [3.63, 3.8) is 0 Å². The molecule has 0 aliphatic carbocycles. The van der Waals surface area contributed by atoms with E-state index >= 15 is 0 Å². The number of carbonyl (C=O) groups is 1. The Labute approximate surface area is 149 Å². The van der Waals surface area contributed by atoms with Gasteiger partial charge >= 0.3 is 0 Å². The summed E-state index contributed by atoms with van der Waals surface area (Å²) in [6, 6.07) is 4.00. The van der Waals surface area contributed by atoms with Gasteiger partial charge in [-0.15, -0.1) is 10.2 Å². The van der Waals surface area contributed by atoms with Crippen LogP contribution in [0.1, 0.15) is 25.0 Å². The highest BCUT2D eigenvalue weighted by atomic mass is 32.2. The summed E-state index contributed by atoms with van der Waals surface area (Å²) in [5.41, 5.74) is 3.74. The van der Waals surface area contributed by atoms with Crippen molar-refractivity contribution in [1.29, 1.82) is 0 Å². The molecule has 6 nitrogen and oxygen atoms in total. The number of amides is 1. The Morgan fingerprint density at radius 1 is 1.54 bits per heavy atom. The van der Waals surface area contributed by atoms with Crippen molar-refractivity contribution in [2.75, 3.05) is 12.4 Å². The van der Waals surface area contributed by atoms with Gasteiger partial charge in [-0.2, -0.15) is 0 Å². The SMILES string of the molecule is CCOc1cc2c(cc1CNC(=O)CSc1nncs1)OC(C)C2. The van der Waals surface area contributed by atoms with Crippen molar-refractivity contribution in [3.8, 4) is 11.5 Å². The zero-order valence-electron chi connectivity index (χ0n) is 13.6. The summed E-state index contributed by atoms with van der Waals surface area (Å²) in [4.78, 5) is 12.0. The maximum atomic E-state index is 12.0. The number of ether oxygens (including phenoxy) is 2. The van der Waals surface area contributed by atoms with E-state index in [1.807, 2.05) is 26.0 Å². The minimum absolute atomic E-state index is 0.0487. The molecule has 128 valence electrons. The molecule has 2 heterocycles. The highest BCUT2D eigenvalue weighted by Gasteiger charge is 2.22. The van der Waals surface area contributed by atoms with Gasteiger partial charge in [-0.05, 0) is 26.0 Å². The fourth-order valence-electron chi connectivity index (χ4n) is 2.51. The molecule has 0 spiro atoms. The van der Waals surface area contributed by atoms with E-state index < -0.39 is 0 Å². The maximum absolute atomic E-state index is 12.0. The molecule has 3 rings (SSSR count). The molecular formula is C16H19N3O3S2. The summed E-state index contributed by atoms with van der Waals surface area (Å²) >= 11 is 2.81. The van der Waals surface area contributed by atoms with Crippen LogP contribution in [0.4, 0.5) is 0 Å². The van der Waals surface area contributed by atoms with Gasteiger partial charge in [-0.3, -0.25) is 4.79 Å². The van der Waals surface area contributed by atoms with Crippen molar-refractivity contribution in [1.82, 2.24) is 15.5 Å². The highest BCUT2D eigenvalue weighted by Crippen LogP contribution is 2.35. The van der Waals surface area contributed by atoms with E-state index in [-0.39, 0.29) is 12.0 Å². The molecular weight excluding hydrogens is 346 g/mol. The van der Waals surface area contributed by atoms with Crippen LogP contribution in [0.15, 0.2) is 22.0 Å². The third-order valence-electron chi connectivity index (χ3n) is 3.52. The van der Waals surface area contributed by atoms with Crippen LogP contribution in [-0.4, -0.2) is 34.6 Å². The first-order valence-electron chi connectivity index (χ1n) is 7.76. The van der Waals surface area contributed by atoms with Crippen molar-refractivity contribution in [3.05, 3.63) is 28.8 Å². The van der Waals surface area contributed by atoms with E-state index in [0.717, 1.165) is 33.4 Å². The van der Waals surface area contributed by atoms with Gasteiger partial charge in [0.1, 0.15) is 23.1 Å². The Balaban J connectivity index is 1.61. The molecule has 1 aromatic carbocycles. The Bertz CT molecular complexity index is 707. The molecule has 0 fully saturated rings. The van der Waals surface area contributed by atoms with Gasteiger partial charge in [0, 0.05) is 24.1 Å². The van der Waals surface area contributed by atoms with E-state index in [9.17, 15) is 4.79 Å². The van der Waals surface area contributed by atoms with Gasteiger partial charge in [-0.1, -0.05) is 23.1 Å². The van der Waals surface area contributed by atoms with Crippen LogP contribution in [0.2, 0.25) is 0 Å². The third-order valence-corrected chi connectivity index (χ3v) is 5.38. The molecule has 1 atom stereocenters. The summed E-state index contributed by atoms with van der Waals surface area (Å²) in [5, 5.41) is 10.6. The summed E-state index contributed by atoms with van der Waals surface area (Å²) in [6.45, 7) is 5.00.